The molecule has 3 aromatic rings. The summed E-state index contributed by atoms with van der Waals surface area (Å²) < 4.78 is 11.7. The van der Waals surface area contributed by atoms with Gasteiger partial charge in [0.1, 0.15) is 12.6 Å². The lowest BCUT2D eigenvalue weighted by molar-refractivity contribution is -0.138. The van der Waals surface area contributed by atoms with Crippen LogP contribution >= 0.6 is 0 Å². The van der Waals surface area contributed by atoms with Crippen LogP contribution in [-0.2, 0) is 25.7 Å². The fourth-order valence-electron chi connectivity index (χ4n) is 5.60. The third kappa shape index (κ3) is 7.13. The number of aliphatic carboxylic acids is 1. The van der Waals surface area contributed by atoms with Gasteiger partial charge in [0.25, 0.3) is 0 Å². The Morgan fingerprint density at radius 2 is 1.51 bits per heavy atom. The number of ether oxygens (including phenoxy) is 2. The zero-order chi connectivity index (χ0) is 28.8. The Kier molecular flexibility index (Phi) is 8.99. The van der Waals surface area contributed by atoms with Crippen LogP contribution in [0.2, 0.25) is 0 Å². The summed E-state index contributed by atoms with van der Waals surface area (Å²) in [6.07, 6.45) is 0.536. The van der Waals surface area contributed by atoms with Gasteiger partial charge in [0, 0.05) is 12.5 Å². The third-order valence-corrected chi connectivity index (χ3v) is 7.99. The monoisotopic (exact) mass is 556 g/mol. The summed E-state index contributed by atoms with van der Waals surface area (Å²) in [5.41, 5.74) is 5.39. The Balaban J connectivity index is 1.24. The number of hydrogen-bond donors (Lipinski definition) is 3. The van der Waals surface area contributed by atoms with E-state index in [4.69, 9.17) is 9.47 Å². The molecule has 0 heterocycles. The van der Waals surface area contributed by atoms with E-state index in [2.05, 4.69) is 22.8 Å². The first kappa shape index (κ1) is 28.4. The van der Waals surface area contributed by atoms with Crippen LogP contribution in [0.4, 0.5) is 4.79 Å². The molecule has 1 unspecified atom stereocenters. The van der Waals surface area contributed by atoms with Crippen LogP contribution in [0, 0.1) is 11.8 Å². The molecule has 0 saturated heterocycles. The van der Waals surface area contributed by atoms with Crippen molar-refractivity contribution in [3.8, 4) is 11.1 Å². The summed E-state index contributed by atoms with van der Waals surface area (Å²) in [6, 6.07) is 24.7. The van der Waals surface area contributed by atoms with E-state index in [-0.39, 0.29) is 38.0 Å². The van der Waals surface area contributed by atoms with Crippen LogP contribution in [0.1, 0.15) is 48.8 Å². The SMILES string of the molecule is C[C@H](OCc1ccccc1)[C@@H](NC(=O)OCC1c2ccccc2-c2ccccc21)C(=O)NCC(CC(=O)O)C1CC1. The van der Waals surface area contributed by atoms with Crippen molar-refractivity contribution in [2.75, 3.05) is 13.2 Å². The molecular weight excluding hydrogens is 520 g/mol. The van der Waals surface area contributed by atoms with Crippen LogP contribution in [0.3, 0.4) is 0 Å². The Bertz CT molecular complexity index is 1330. The molecule has 3 atom stereocenters. The van der Waals surface area contributed by atoms with Gasteiger partial charge in [-0.2, -0.15) is 0 Å². The summed E-state index contributed by atoms with van der Waals surface area (Å²) in [5.74, 6) is -1.28. The number of carbonyl (C=O) groups excluding carboxylic acids is 2. The van der Waals surface area contributed by atoms with Gasteiger partial charge < -0.3 is 25.2 Å². The van der Waals surface area contributed by atoms with Crippen LogP contribution in [0.25, 0.3) is 11.1 Å². The van der Waals surface area contributed by atoms with Crippen molar-refractivity contribution in [3.05, 3.63) is 95.6 Å². The quantitative estimate of drug-likeness (QED) is 0.269. The van der Waals surface area contributed by atoms with E-state index in [1.807, 2.05) is 66.7 Å². The Morgan fingerprint density at radius 1 is 0.902 bits per heavy atom. The van der Waals surface area contributed by atoms with Crippen molar-refractivity contribution in [2.45, 2.75) is 50.9 Å². The lowest BCUT2D eigenvalue weighted by Gasteiger charge is -2.26. The highest BCUT2D eigenvalue weighted by molar-refractivity contribution is 5.86. The van der Waals surface area contributed by atoms with Crippen LogP contribution in [-0.4, -0.2) is 48.4 Å². The average molecular weight is 557 g/mol. The maximum absolute atomic E-state index is 13.3. The second kappa shape index (κ2) is 13.0. The van der Waals surface area contributed by atoms with E-state index in [0.29, 0.717) is 5.92 Å². The Labute approximate surface area is 240 Å². The van der Waals surface area contributed by atoms with Crippen LogP contribution < -0.4 is 10.6 Å². The zero-order valence-electron chi connectivity index (χ0n) is 23.1. The molecule has 3 N–H and O–H groups in total. The minimum absolute atomic E-state index is 0.00448. The van der Waals surface area contributed by atoms with Gasteiger partial charge in [-0.05, 0) is 59.4 Å². The highest BCUT2D eigenvalue weighted by Gasteiger charge is 2.35. The molecule has 1 fully saturated rings. The molecule has 0 radical (unpaired) electrons. The minimum atomic E-state index is -1.03. The van der Waals surface area contributed by atoms with E-state index in [9.17, 15) is 19.5 Å². The first-order chi connectivity index (χ1) is 19.9. The van der Waals surface area contributed by atoms with E-state index >= 15 is 0 Å². The molecule has 2 aliphatic rings. The van der Waals surface area contributed by atoms with Gasteiger partial charge in [-0.1, -0.05) is 78.9 Å². The molecule has 1 saturated carbocycles. The van der Waals surface area contributed by atoms with Gasteiger partial charge in [0.05, 0.1) is 19.1 Å². The van der Waals surface area contributed by atoms with Crippen molar-refractivity contribution in [1.29, 1.82) is 0 Å². The van der Waals surface area contributed by atoms with Gasteiger partial charge >= 0.3 is 12.1 Å². The van der Waals surface area contributed by atoms with Crippen LogP contribution in [0.5, 0.6) is 0 Å². The highest BCUT2D eigenvalue weighted by Crippen LogP contribution is 2.44. The molecule has 2 amide bonds. The minimum Gasteiger partial charge on any atom is -0.481 e. The molecule has 0 spiro atoms. The highest BCUT2D eigenvalue weighted by atomic mass is 16.5. The second-order valence-electron chi connectivity index (χ2n) is 10.9. The number of alkyl carbamates (subject to hydrolysis) is 1. The van der Waals surface area contributed by atoms with E-state index in [1.54, 1.807) is 6.92 Å². The largest absolute Gasteiger partial charge is 0.481 e. The fourth-order valence-corrected chi connectivity index (χ4v) is 5.60. The summed E-state index contributed by atoms with van der Waals surface area (Å²) in [4.78, 5) is 37.7. The van der Waals surface area contributed by atoms with Crippen LogP contribution in [0.15, 0.2) is 78.9 Å². The molecule has 214 valence electrons. The smallest absolute Gasteiger partial charge is 0.407 e. The number of nitrogens with one attached hydrogen (secondary N) is 2. The first-order valence-electron chi connectivity index (χ1n) is 14.2. The maximum Gasteiger partial charge on any atom is 0.407 e. The first-order valence-corrected chi connectivity index (χ1v) is 14.2. The van der Waals surface area contributed by atoms with E-state index < -0.39 is 30.1 Å². The third-order valence-electron chi connectivity index (χ3n) is 7.99. The average Bonchev–Trinajstić information content (AvgIpc) is 3.78. The summed E-state index contributed by atoms with van der Waals surface area (Å²) in [7, 11) is 0. The van der Waals surface area contributed by atoms with Gasteiger partial charge in [-0.3, -0.25) is 9.59 Å². The number of rotatable bonds is 13. The van der Waals surface area contributed by atoms with Crippen molar-refractivity contribution < 1.29 is 29.0 Å². The summed E-state index contributed by atoms with van der Waals surface area (Å²) in [5, 5.41) is 14.9. The number of carboxylic acids is 1. The molecule has 0 aliphatic heterocycles. The molecular formula is C33H36N2O6. The van der Waals surface area contributed by atoms with Gasteiger partial charge in [0.2, 0.25) is 5.91 Å². The molecule has 0 aromatic heterocycles. The Morgan fingerprint density at radius 3 is 2.12 bits per heavy atom. The van der Waals surface area contributed by atoms with Crippen molar-refractivity contribution in [1.82, 2.24) is 10.6 Å². The van der Waals surface area contributed by atoms with Crippen molar-refractivity contribution >= 4 is 18.0 Å². The number of benzene rings is 3. The molecule has 3 aromatic carbocycles. The summed E-state index contributed by atoms with van der Waals surface area (Å²) >= 11 is 0. The zero-order valence-corrected chi connectivity index (χ0v) is 23.1. The number of amides is 2. The lowest BCUT2D eigenvalue weighted by Crippen LogP contribution is -2.54. The number of carboxylic acid groups (broad SMARTS) is 1. The second-order valence-corrected chi connectivity index (χ2v) is 10.9. The topological polar surface area (TPSA) is 114 Å². The van der Waals surface area contributed by atoms with E-state index in [1.165, 1.54) is 0 Å². The lowest BCUT2D eigenvalue weighted by atomic mass is 9.98. The predicted octanol–water partition coefficient (Wildman–Crippen LogP) is 5.12. The molecule has 8 heteroatoms. The molecule has 41 heavy (non-hydrogen) atoms. The Hall–Kier alpha value is -4.17. The maximum atomic E-state index is 13.3. The molecule has 0 bridgehead atoms. The van der Waals surface area contributed by atoms with Gasteiger partial charge in [-0.25, -0.2) is 4.79 Å². The van der Waals surface area contributed by atoms with Crippen molar-refractivity contribution in [2.24, 2.45) is 11.8 Å². The van der Waals surface area contributed by atoms with Crippen molar-refractivity contribution in [3.63, 3.8) is 0 Å². The number of hydrogen-bond acceptors (Lipinski definition) is 5. The van der Waals surface area contributed by atoms with E-state index in [0.717, 1.165) is 40.7 Å². The number of fused-ring (bicyclic) bond motifs is 3. The molecule has 8 nitrogen and oxygen atoms in total. The standard InChI is InChI=1S/C33H36N2O6/c1-21(40-19-22-9-3-2-4-10-22)31(32(38)34-18-24(17-30(36)37)23-15-16-23)35-33(39)41-20-29-27-13-7-5-11-25(27)26-12-6-8-14-28(26)29/h2-14,21,23-24,29,31H,15-20H2,1H3,(H,34,38)(H,35,39)(H,36,37)/t21-,24?,31+/m0/s1. The summed E-state index contributed by atoms with van der Waals surface area (Å²) in [6.45, 7) is 2.34. The fraction of sp³-hybridized carbons (Fsp3) is 0.364. The predicted molar refractivity (Wildman–Crippen MR) is 154 cm³/mol. The molecule has 2 aliphatic carbocycles. The number of carbonyl (C=O) groups is 3. The van der Waals surface area contributed by atoms with Gasteiger partial charge in [0.15, 0.2) is 0 Å². The molecule has 5 rings (SSSR count). The normalized spacial score (nSPS) is 16.1. The van der Waals surface area contributed by atoms with Gasteiger partial charge in [-0.15, -0.1) is 0 Å².